The molecule has 2 amide bonds. The number of aryl methyl sites for hydroxylation is 3. The highest BCUT2D eigenvalue weighted by molar-refractivity contribution is 6.25. The van der Waals surface area contributed by atoms with Crippen LogP contribution in [-0.4, -0.2) is 32.0 Å². The van der Waals surface area contributed by atoms with Gasteiger partial charge in [-0.3, -0.25) is 9.59 Å². The molecule has 1 aromatic heterocycles. The van der Waals surface area contributed by atoms with Gasteiger partial charge in [0.05, 0.1) is 6.54 Å². The summed E-state index contributed by atoms with van der Waals surface area (Å²) < 4.78 is 0. The fraction of sp³-hybridized carbons (Fsp3) is 0.250. The minimum absolute atomic E-state index is 0.0232. The summed E-state index contributed by atoms with van der Waals surface area (Å²) in [6.45, 7) is 6.19. The molecule has 3 rings (SSSR count). The van der Waals surface area contributed by atoms with Crippen molar-refractivity contribution in [2.45, 2.75) is 33.7 Å². The third-order valence-corrected chi connectivity index (χ3v) is 4.22. The van der Waals surface area contributed by atoms with Crippen molar-refractivity contribution in [2.24, 2.45) is 0 Å². The number of carbonyl (C=O) groups is 2. The van der Waals surface area contributed by atoms with Crippen LogP contribution < -0.4 is 4.90 Å². The lowest BCUT2D eigenvalue weighted by Gasteiger charge is -2.19. The summed E-state index contributed by atoms with van der Waals surface area (Å²) in [4.78, 5) is 28.9. The van der Waals surface area contributed by atoms with Gasteiger partial charge in [0, 0.05) is 11.1 Å². The second-order valence-electron chi connectivity index (χ2n) is 6.26. The van der Waals surface area contributed by atoms with Gasteiger partial charge in [0.1, 0.15) is 0 Å². The standard InChI is InChI=1S/C20H21N5O2/c1-4-13-24-22-20(21-23-24)25(18(26)16-11-7-5-9-14(16)2)19(27)17-12-8-6-10-15(17)3/h5-12H,4,13H2,1-3H3. The SMILES string of the molecule is CCCn1nnc(N(C(=O)c2ccccc2C)C(=O)c2ccccc2C)n1. The number of tetrazole rings is 1. The van der Waals surface area contributed by atoms with E-state index in [1.807, 2.05) is 45.0 Å². The number of nitrogens with zero attached hydrogens (tertiary/aromatic N) is 5. The summed E-state index contributed by atoms with van der Waals surface area (Å²) >= 11 is 0. The highest BCUT2D eigenvalue weighted by atomic mass is 16.2. The third-order valence-electron chi connectivity index (χ3n) is 4.22. The molecular formula is C20H21N5O2. The van der Waals surface area contributed by atoms with Crippen molar-refractivity contribution in [1.82, 2.24) is 20.2 Å². The first kappa shape index (κ1) is 18.4. The van der Waals surface area contributed by atoms with Gasteiger partial charge in [-0.25, -0.2) is 4.90 Å². The van der Waals surface area contributed by atoms with Crippen molar-refractivity contribution >= 4 is 17.8 Å². The number of imide groups is 1. The lowest BCUT2D eigenvalue weighted by atomic mass is 10.1. The van der Waals surface area contributed by atoms with Crippen LogP contribution in [0.5, 0.6) is 0 Å². The van der Waals surface area contributed by atoms with E-state index in [2.05, 4.69) is 15.4 Å². The van der Waals surface area contributed by atoms with Gasteiger partial charge in [0.25, 0.3) is 17.8 Å². The Labute approximate surface area is 157 Å². The molecule has 0 aliphatic heterocycles. The highest BCUT2D eigenvalue weighted by Crippen LogP contribution is 2.19. The van der Waals surface area contributed by atoms with Crippen LogP contribution >= 0.6 is 0 Å². The Morgan fingerprint density at radius 2 is 1.44 bits per heavy atom. The molecule has 0 radical (unpaired) electrons. The third kappa shape index (κ3) is 3.76. The molecule has 0 atom stereocenters. The van der Waals surface area contributed by atoms with E-state index < -0.39 is 11.8 Å². The average Bonchev–Trinajstić information content (AvgIpc) is 3.11. The molecule has 0 fully saturated rings. The Bertz CT molecular complexity index is 922. The normalized spacial score (nSPS) is 10.6. The summed E-state index contributed by atoms with van der Waals surface area (Å²) in [5, 5.41) is 12.1. The number of rotatable bonds is 5. The quantitative estimate of drug-likeness (QED) is 0.650. The summed E-state index contributed by atoms with van der Waals surface area (Å²) in [5.41, 5.74) is 2.38. The summed E-state index contributed by atoms with van der Waals surface area (Å²) in [7, 11) is 0. The predicted molar refractivity (Wildman–Crippen MR) is 102 cm³/mol. The van der Waals surface area contributed by atoms with Crippen LogP contribution in [0.4, 0.5) is 5.95 Å². The van der Waals surface area contributed by atoms with Crippen molar-refractivity contribution in [1.29, 1.82) is 0 Å². The monoisotopic (exact) mass is 363 g/mol. The number of anilines is 1. The van der Waals surface area contributed by atoms with Crippen molar-refractivity contribution < 1.29 is 9.59 Å². The number of benzene rings is 2. The smallest absolute Gasteiger partial charge is 0.268 e. The zero-order chi connectivity index (χ0) is 19.4. The maximum absolute atomic E-state index is 13.2. The Hall–Kier alpha value is -3.35. The molecule has 138 valence electrons. The second kappa shape index (κ2) is 7.90. The maximum Gasteiger partial charge on any atom is 0.280 e. The molecule has 1 heterocycles. The Morgan fingerprint density at radius 1 is 0.926 bits per heavy atom. The molecule has 2 aromatic carbocycles. The van der Waals surface area contributed by atoms with Gasteiger partial charge in [-0.2, -0.15) is 4.80 Å². The molecule has 27 heavy (non-hydrogen) atoms. The van der Waals surface area contributed by atoms with Crippen LogP contribution in [0.2, 0.25) is 0 Å². The fourth-order valence-electron chi connectivity index (χ4n) is 2.76. The van der Waals surface area contributed by atoms with Gasteiger partial charge in [-0.1, -0.05) is 48.4 Å². The van der Waals surface area contributed by atoms with E-state index in [9.17, 15) is 9.59 Å². The van der Waals surface area contributed by atoms with Gasteiger partial charge in [-0.05, 0) is 48.7 Å². The lowest BCUT2D eigenvalue weighted by Crippen LogP contribution is -2.38. The van der Waals surface area contributed by atoms with Gasteiger partial charge in [-0.15, -0.1) is 5.10 Å². The van der Waals surface area contributed by atoms with Crippen molar-refractivity contribution in [3.63, 3.8) is 0 Å². The Kier molecular flexibility index (Phi) is 5.40. The minimum Gasteiger partial charge on any atom is -0.268 e. The van der Waals surface area contributed by atoms with Crippen molar-refractivity contribution in [2.75, 3.05) is 4.90 Å². The van der Waals surface area contributed by atoms with E-state index in [0.29, 0.717) is 17.7 Å². The maximum atomic E-state index is 13.2. The lowest BCUT2D eigenvalue weighted by molar-refractivity contribution is 0.0894. The molecule has 0 N–H and O–H groups in total. The highest BCUT2D eigenvalue weighted by Gasteiger charge is 2.31. The van der Waals surface area contributed by atoms with Crippen LogP contribution in [-0.2, 0) is 6.54 Å². The van der Waals surface area contributed by atoms with Crippen LogP contribution in [0.1, 0.15) is 45.2 Å². The van der Waals surface area contributed by atoms with Crippen LogP contribution in [0, 0.1) is 13.8 Å². The first-order chi connectivity index (χ1) is 13.0. The Morgan fingerprint density at radius 3 is 1.93 bits per heavy atom. The van der Waals surface area contributed by atoms with Gasteiger partial charge >= 0.3 is 0 Å². The predicted octanol–water partition coefficient (Wildman–Crippen LogP) is 3.19. The molecule has 0 spiro atoms. The molecule has 0 saturated carbocycles. The number of amides is 2. The van der Waals surface area contributed by atoms with E-state index in [4.69, 9.17) is 0 Å². The van der Waals surface area contributed by atoms with Crippen molar-refractivity contribution in [3.05, 3.63) is 70.8 Å². The molecule has 0 aliphatic carbocycles. The zero-order valence-corrected chi connectivity index (χ0v) is 15.6. The molecule has 0 bridgehead atoms. The minimum atomic E-state index is -0.475. The van der Waals surface area contributed by atoms with E-state index in [1.54, 1.807) is 24.3 Å². The first-order valence-electron chi connectivity index (χ1n) is 8.80. The summed E-state index contributed by atoms with van der Waals surface area (Å²) in [6, 6.07) is 14.2. The number of carbonyl (C=O) groups excluding carboxylic acids is 2. The van der Waals surface area contributed by atoms with E-state index >= 15 is 0 Å². The molecule has 7 heteroatoms. The van der Waals surface area contributed by atoms with E-state index in [-0.39, 0.29) is 5.95 Å². The van der Waals surface area contributed by atoms with Gasteiger partial charge < -0.3 is 0 Å². The van der Waals surface area contributed by atoms with Gasteiger partial charge in [0.2, 0.25) is 0 Å². The van der Waals surface area contributed by atoms with Crippen LogP contribution in [0.3, 0.4) is 0 Å². The molecular weight excluding hydrogens is 342 g/mol. The molecule has 0 saturated heterocycles. The fourth-order valence-corrected chi connectivity index (χ4v) is 2.76. The number of hydrogen-bond donors (Lipinski definition) is 0. The summed E-state index contributed by atoms with van der Waals surface area (Å²) in [6.07, 6.45) is 0.813. The van der Waals surface area contributed by atoms with Gasteiger partial charge in [0.15, 0.2) is 0 Å². The topological polar surface area (TPSA) is 81.0 Å². The molecule has 7 nitrogen and oxygen atoms in total. The molecule has 0 unspecified atom stereocenters. The van der Waals surface area contributed by atoms with Crippen molar-refractivity contribution in [3.8, 4) is 0 Å². The molecule has 0 aliphatic rings. The Balaban J connectivity index is 2.08. The van der Waals surface area contributed by atoms with E-state index in [0.717, 1.165) is 22.4 Å². The first-order valence-corrected chi connectivity index (χ1v) is 8.80. The van der Waals surface area contributed by atoms with Crippen LogP contribution in [0.15, 0.2) is 48.5 Å². The average molecular weight is 363 g/mol. The number of aromatic nitrogens is 4. The second-order valence-corrected chi connectivity index (χ2v) is 6.26. The summed E-state index contributed by atoms with van der Waals surface area (Å²) in [5.74, 6) is -0.972. The van der Waals surface area contributed by atoms with Crippen LogP contribution in [0.25, 0.3) is 0 Å². The zero-order valence-electron chi connectivity index (χ0n) is 15.6. The molecule has 3 aromatic rings. The van der Waals surface area contributed by atoms with E-state index in [1.165, 1.54) is 4.80 Å². The number of hydrogen-bond acceptors (Lipinski definition) is 5. The largest absolute Gasteiger partial charge is 0.280 e.